The molecule has 31 heavy (non-hydrogen) atoms. The second-order valence-electron chi connectivity index (χ2n) is 7.45. The van der Waals surface area contributed by atoms with Crippen LogP contribution in [0.3, 0.4) is 0 Å². The number of alkyl carbamates (subject to hydrolysis) is 1. The Morgan fingerprint density at radius 1 is 1.06 bits per heavy atom. The van der Waals surface area contributed by atoms with E-state index in [0.717, 1.165) is 10.0 Å². The molecular formula is C25H24BrNO4. The zero-order chi connectivity index (χ0) is 21.8. The Bertz CT molecular complexity index is 1040. The number of benzene rings is 3. The van der Waals surface area contributed by atoms with Gasteiger partial charge in [0.1, 0.15) is 19.0 Å². The van der Waals surface area contributed by atoms with E-state index in [1.165, 1.54) is 22.3 Å². The lowest BCUT2D eigenvalue weighted by atomic mass is 9.98. The van der Waals surface area contributed by atoms with Crippen LogP contribution < -0.4 is 10.1 Å². The maximum Gasteiger partial charge on any atom is 0.407 e. The van der Waals surface area contributed by atoms with Crippen molar-refractivity contribution in [1.29, 1.82) is 0 Å². The summed E-state index contributed by atoms with van der Waals surface area (Å²) in [6.45, 7) is 2.23. The molecule has 0 saturated heterocycles. The first-order valence-electron chi connectivity index (χ1n) is 10.2. The first-order chi connectivity index (χ1) is 15.1. The number of aliphatic hydroxyl groups excluding tert-OH is 1. The van der Waals surface area contributed by atoms with E-state index in [1.54, 1.807) is 0 Å². The Labute approximate surface area is 190 Å². The van der Waals surface area contributed by atoms with Gasteiger partial charge >= 0.3 is 6.09 Å². The fourth-order valence-electron chi connectivity index (χ4n) is 4.04. The van der Waals surface area contributed by atoms with E-state index < -0.39 is 6.09 Å². The smallest absolute Gasteiger partial charge is 0.407 e. The maximum absolute atomic E-state index is 12.6. The highest BCUT2D eigenvalue weighted by molar-refractivity contribution is 9.10. The molecule has 160 valence electrons. The summed E-state index contributed by atoms with van der Waals surface area (Å²) in [6, 6.07) is 21.8. The zero-order valence-electron chi connectivity index (χ0n) is 17.2. The van der Waals surface area contributed by atoms with E-state index in [2.05, 4.69) is 45.5 Å². The number of rotatable bonds is 7. The largest absolute Gasteiger partial charge is 0.491 e. The number of fused-ring (bicyclic) bond motifs is 3. The summed E-state index contributed by atoms with van der Waals surface area (Å²) in [6.07, 6.45) is -0.481. The second-order valence-corrected chi connectivity index (χ2v) is 8.36. The molecule has 0 aliphatic heterocycles. The van der Waals surface area contributed by atoms with Crippen LogP contribution in [0.4, 0.5) is 4.79 Å². The number of hydrogen-bond donors (Lipinski definition) is 2. The Morgan fingerprint density at radius 2 is 1.71 bits per heavy atom. The lowest BCUT2D eigenvalue weighted by Gasteiger charge is -2.20. The molecule has 5 nitrogen and oxygen atoms in total. The molecule has 1 aliphatic carbocycles. The predicted octanol–water partition coefficient (Wildman–Crippen LogP) is 5.42. The normalized spacial score (nSPS) is 13.3. The summed E-state index contributed by atoms with van der Waals surface area (Å²) in [4.78, 5) is 12.6. The molecule has 1 aliphatic rings. The monoisotopic (exact) mass is 481 g/mol. The van der Waals surface area contributed by atoms with Crippen molar-refractivity contribution in [2.75, 3.05) is 19.8 Å². The van der Waals surface area contributed by atoms with Crippen LogP contribution in [-0.4, -0.2) is 31.0 Å². The van der Waals surface area contributed by atoms with Gasteiger partial charge in [-0.1, -0.05) is 70.5 Å². The lowest BCUT2D eigenvalue weighted by Crippen LogP contribution is -2.29. The quantitative estimate of drug-likeness (QED) is 0.472. The minimum Gasteiger partial charge on any atom is -0.491 e. The van der Waals surface area contributed by atoms with E-state index in [1.807, 2.05) is 49.4 Å². The van der Waals surface area contributed by atoms with Crippen molar-refractivity contribution < 1.29 is 19.4 Å². The molecule has 2 N–H and O–H groups in total. The molecule has 1 atom stereocenters. The molecule has 6 heteroatoms. The van der Waals surface area contributed by atoms with Gasteiger partial charge in [0.05, 0.1) is 12.6 Å². The van der Waals surface area contributed by atoms with Gasteiger partial charge in [0.25, 0.3) is 0 Å². The van der Waals surface area contributed by atoms with Gasteiger partial charge in [-0.05, 0) is 41.3 Å². The molecule has 0 heterocycles. The van der Waals surface area contributed by atoms with E-state index >= 15 is 0 Å². The summed E-state index contributed by atoms with van der Waals surface area (Å²) in [5.74, 6) is 0.624. The molecule has 0 saturated carbocycles. The Balaban J connectivity index is 1.44. The molecule has 0 radical (unpaired) electrons. The third-order valence-electron chi connectivity index (χ3n) is 5.47. The number of carbonyl (C=O) groups excluding carboxylic acids is 1. The van der Waals surface area contributed by atoms with Crippen molar-refractivity contribution >= 4 is 22.0 Å². The molecule has 0 fully saturated rings. The summed E-state index contributed by atoms with van der Waals surface area (Å²) in [5.41, 5.74) is 5.56. The fraction of sp³-hybridized carbons (Fsp3) is 0.240. The highest BCUT2D eigenvalue weighted by Crippen LogP contribution is 2.44. The zero-order valence-corrected chi connectivity index (χ0v) is 18.8. The van der Waals surface area contributed by atoms with Gasteiger partial charge < -0.3 is 19.9 Å². The van der Waals surface area contributed by atoms with Gasteiger partial charge in [-0.25, -0.2) is 4.79 Å². The van der Waals surface area contributed by atoms with Crippen LogP contribution in [0, 0.1) is 0 Å². The number of hydrogen-bond acceptors (Lipinski definition) is 4. The van der Waals surface area contributed by atoms with Crippen LogP contribution in [0.2, 0.25) is 0 Å². The molecule has 3 aromatic rings. The number of nitrogens with one attached hydrogen (secondary N) is 1. The number of carbonyl (C=O) groups is 1. The standard InChI is InChI=1S/C25H24BrNO4/c1-16(18-11-10-17(26)14-24(18)30-13-12-28)27-25(29)31-15-23-21-8-4-2-6-19(21)20-7-3-5-9-22(20)23/h2-11,14,16,23,28H,12-13,15H2,1H3,(H,27,29). The van der Waals surface area contributed by atoms with Crippen LogP contribution in [0.15, 0.2) is 71.2 Å². The molecule has 1 unspecified atom stereocenters. The van der Waals surface area contributed by atoms with Crippen molar-refractivity contribution in [1.82, 2.24) is 5.32 Å². The van der Waals surface area contributed by atoms with Gasteiger partial charge in [0.2, 0.25) is 0 Å². The molecule has 0 spiro atoms. The fourth-order valence-corrected chi connectivity index (χ4v) is 4.38. The van der Waals surface area contributed by atoms with E-state index in [9.17, 15) is 4.79 Å². The van der Waals surface area contributed by atoms with Gasteiger partial charge in [0.15, 0.2) is 0 Å². The van der Waals surface area contributed by atoms with Crippen molar-refractivity contribution in [3.63, 3.8) is 0 Å². The third-order valence-corrected chi connectivity index (χ3v) is 5.96. The number of halogens is 1. The first kappa shape index (κ1) is 21.4. The van der Waals surface area contributed by atoms with Crippen LogP contribution in [-0.2, 0) is 4.74 Å². The minimum absolute atomic E-state index is 0.0181. The van der Waals surface area contributed by atoms with Crippen molar-refractivity contribution in [2.45, 2.75) is 18.9 Å². The Hall–Kier alpha value is -2.83. The van der Waals surface area contributed by atoms with Crippen molar-refractivity contribution in [3.8, 4) is 16.9 Å². The minimum atomic E-state index is -0.481. The van der Waals surface area contributed by atoms with Crippen LogP contribution in [0.5, 0.6) is 5.75 Å². The van der Waals surface area contributed by atoms with Gasteiger partial charge in [-0.2, -0.15) is 0 Å². The average molecular weight is 482 g/mol. The Kier molecular flexibility index (Phi) is 6.59. The third kappa shape index (κ3) is 4.60. The number of aliphatic hydroxyl groups is 1. The first-order valence-corrected chi connectivity index (χ1v) is 11.0. The molecule has 0 bridgehead atoms. The van der Waals surface area contributed by atoms with Gasteiger partial charge in [-0.3, -0.25) is 0 Å². The highest BCUT2D eigenvalue weighted by atomic mass is 79.9. The van der Waals surface area contributed by atoms with Crippen LogP contribution in [0.25, 0.3) is 11.1 Å². The van der Waals surface area contributed by atoms with Crippen molar-refractivity contribution in [2.24, 2.45) is 0 Å². The SMILES string of the molecule is CC(NC(=O)OCC1c2ccccc2-c2ccccc21)c1ccc(Br)cc1OCCO. The van der Waals surface area contributed by atoms with E-state index in [-0.39, 0.29) is 31.8 Å². The number of amides is 1. The van der Waals surface area contributed by atoms with Crippen LogP contribution in [0.1, 0.15) is 35.6 Å². The molecule has 0 aromatic heterocycles. The lowest BCUT2D eigenvalue weighted by molar-refractivity contribution is 0.139. The van der Waals surface area contributed by atoms with E-state index in [4.69, 9.17) is 14.6 Å². The summed E-state index contributed by atoms with van der Waals surface area (Å²) < 4.78 is 12.1. The summed E-state index contributed by atoms with van der Waals surface area (Å²) in [5, 5.41) is 11.9. The molecular weight excluding hydrogens is 458 g/mol. The molecule has 4 rings (SSSR count). The highest BCUT2D eigenvalue weighted by Gasteiger charge is 2.29. The van der Waals surface area contributed by atoms with Crippen molar-refractivity contribution in [3.05, 3.63) is 87.9 Å². The predicted molar refractivity (Wildman–Crippen MR) is 123 cm³/mol. The summed E-state index contributed by atoms with van der Waals surface area (Å²) >= 11 is 3.42. The van der Waals surface area contributed by atoms with Gasteiger partial charge in [0, 0.05) is 16.0 Å². The molecule has 3 aromatic carbocycles. The van der Waals surface area contributed by atoms with Crippen LogP contribution >= 0.6 is 15.9 Å². The number of ether oxygens (including phenoxy) is 2. The Morgan fingerprint density at radius 3 is 2.35 bits per heavy atom. The second kappa shape index (κ2) is 9.54. The van der Waals surface area contributed by atoms with E-state index in [0.29, 0.717) is 5.75 Å². The average Bonchev–Trinajstić information content (AvgIpc) is 3.10. The summed E-state index contributed by atoms with van der Waals surface area (Å²) in [7, 11) is 0. The van der Waals surface area contributed by atoms with Gasteiger partial charge in [-0.15, -0.1) is 0 Å². The maximum atomic E-state index is 12.6. The topological polar surface area (TPSA) is 67.8 Å². The molecule has 1 amide bonds.